The molecule has 0 atom stereocenters. The van der Waals surface area contributed by atoms with Crippen molar-refractivity contribution in [1.29, 1.82) is 0 Å². The molecule has 0 spiro atoms. The smallest absolute Gasteiger partial charge is 0.256 e. The largest absolute Gasteiger partial charge is 0.330 e. The fourth-order valence-corrected chi connectivity index (χ4v) is 2.81. The molecule has 3 aromatic carbocycles. The number of rotatable bonds is 6. The standard InChI is InChI=1S/C22H22N2O/c23-16-6-7-17-12-14-19(15-13-17)24-22(25)21-11-5-4-10-20(21)18-8-2-1-3-9-18/h1-5,8-15H,6-7,16,23H2,(H,24,25). The second-order valence-electron chi connectivity index (χ2n) is 5.95. The van der Waals surface area contributed by atoms with Crippen LogP contribution in [0.3, 0.4) is 0 Å². The van der Waals surface area contributed by atoms with E-state index in [0.29, 0.717) is 12.1 Å². The highest BCUT2D eigenvalue weighted by molar-refractivity contribution is 6.08. The number of benzene rings is 3. The third-order valence-corrected chi connectivity index (χ3v) is 4.14. The summed E-state index contributed by atoms with van der Waals surface area (Å²) in [7, 11) is 0. The van der Waals surface area contributed by atoms with Crippen molar-refractivity contribution in [2.24, 2.45) is 5.73 Å². The van der Waals surface area contributed by atoms with E-state index < -0.39 is 0 Å². The lowest BCUT2D eigenvalue weighted by molar-refractivity contribution is 0.102. The van der Waals surface area contributed by atoms with E-state index >= 15 is 0 Å². The molecule has 0 aliphatic carbocycles. The second-order valence-corrected chi connectivity index (χ2v) is 5.95. The first-order valence-electron chi connectivity index (χ1n) is 8.53. The summed E-state index contributed by atoms with van der Waals surface area (Å²) in [5.41, 5.74) is 10.2. The lowest BCUT2D eigenvalue weighted by Gasteiger charge is -2.11. The van der Waals surface area contributed by atoms with Gasteiger partial charge in [-0.1, -0.05) is 60.7 Å². The number of carbonyl (C=O) groups is 1. The van der Waals surface area contributed by atoms with Crippen LogP contribution >= 0.6 is 0 Å². The fraction of sp³-hybridized carbons (Fsp3) is 0.136. The molecular formula is C22H22N2O. The number of amides is 1. The molecule has 3 heteroatoms. The van der Waals surface area contributed by atoms with Crippen LogP contribution in [0.25, 0.3) is 11.1 Å². The molecule has 0 fully saturated rings. The zero-order chi connectivity index (χ0) is 17.5. The van der Waals surface area contributed by atoms with Crippen LogP contribution < -0.4 is 11.1 Å². The van der Waals surface area contributed by atoms with Crippen molar-refractivity contribution in [2.75, 3.05) is 11.9 Å². The Morgan fingerprint density at radius 1 is 0.840 bits per heavy atom. The van der Waals surface area contributed by atoms with E-state index in [4.69, 9.17) is 5.73 Å². The minimum absolute atomic E-state index is 0.103. The van der Waals surface area contributed by atoms with Crippen LogP contribution in [0.1, 0.15) is 22.3 Å². The first-order chi connectivity index (χ1) is 12.3. The van der Waals surface area contributed by atoms with E-state index in [1.54, 1.807) is 0 Å². The van der Waals surface area contributed by atoms with Crippen molar-refractivity contribution in [1.82, 2.24) is 0 Å². The Morgan fingerprint density at radius 2 is 1.52 bits per heavy atom. The number of aryl methyl sites for hydroxylation is 1. The predicted molar refractivity (Wildman–Crippen MR) is 104 cm³/mol. The summed E-state index contributed by atoms with van der Waals surface area (Å²) in [6, 6.07) is 25.6. The minimum atomic E-state index is -0.103. The highest BCUT2D eigenvalue weighted by Crippen LogP contribution is 2.24. The summed E-state index contributed by atoms with van der Waals surface area (Å²) >= 11 is 0. The number of hydrogen-bond donors (Lipinski definition) is 2. The average Bonchev–Trinajstić information content (AvgIpc) is 2.68. The van der Waals surface area contributed by atoms with Crippen LogP contribution in [0.2, 0.25) is 0 Å². The van der Waals surface area contributed by atoms with Crippen LogP contribution in [0.4, 0.5) is 5.69 Å². The van der Waals surface area contributed by atoms with Crippen LogP contribution in [0.5, 0.6) is 0 Å². The zero-order valence-electron chi connectivity index (χ0n) is 14.1. The molecule has 0 radical (unpaired) electrons. The molecule has 0 saturated heterocycles. The van der Waals surface area contributed by atoms with E-state index in [2.05, 4.69) is 5.32 Å². The van der Waals surface area contributed by atoms with E-state index in [1.807, 2.05) is 78.9 Å². The molecule has 0 aliphatic rings. The lowest BCUT2D eigenvalue weighted by Crippen LogP contribution is -2.13. The predicted octanol–water partition coefficient (Wildman–Crippen LogP) is 4.50. The van der Waals surface area contributed by atoms with Gasteiger partial charge in [-0.05, 0) is 54.3 Å². The number of nitrogens with one attached hydrogen (secondary N) is 1. The van der Waals surface area contributed by atoms with Gasteiger partial charge in [0, 0.05) is 11.3 Å². The van der Waals surface area contributed by atoms with Gasteiger partial charge in [-0.25, -0.2) is 0 Å². The Hall–Kier alpha value is -2.91. The summed E-state index contributed by atoms with van der Waals surface area (Å²) in [5, 5.41) is 2.99. The fourth-order valence-electron chi connectivity index (χ4n) is 2.81. The van der Waals surface area contributed by atoms with Crippen molar-refractivity contribution in [2.45, 2.75) is 12.8 Å². The Bertz CT molecular complexity index is 826. The summed E-state index contributed by atoms with van der Waals surface area (Å²) in [6.07, 6.45) is 1.93. The Labute approximate surface area is 148 Å². The van der Waals surface area contributed by atoms with E-state index in [9.17, 15) is 4.79 Å². The van der Waals surface area contributed by atoms with E-state index in [-0.39, 0.29) is 5.91 Å². The monoisotopic (exact) mass is 330 g/mol. The van der Waals surface area contributed by atoms with Crippen LogP contribution in [-0.2, 0) is 6.42 Å². The van der Waals surface area contributed by atoms with E-state index in [1.165, 1.54) is 5.56 Å². The topological polar surface area (TPSA) is 55.1 Å². The summed E-state index contributed by atoms with van der Waals surface area (Å²) < 4.78 is 0. The maximum absolute atomic E-state index is 12.7. The molecule has 25 heavy (non-hydrogen) atoms. The molecule has 1 amide bonds. The number of hydrogen-bond acceptors (Lipinski definition) is 2. The van der Waals surface area contributed by atoms with Gasteiger partial charge in [0.2, 0.25) is 0 Å². The van der Waals surface area contributed by atoms with Crippen molar-refractivity contribution in [3.63, 3.8) is 0 Å². The van der Waals surface area contributed by atoms with Gasteiger partial charge in [-0.2, -0.15) is 0 Å². The van der Waals surface area contributed by atoms with Crippen LogP contribution in [0, 0.1) is 0 Å². The maximum atomic E-state index is 12.7. The van der Waals surface area contributed by atoms with Gasteiger partial charge in [0.05, 0.1) is 0 Å². The van der Waals surface area contributed by atoms with Gasteiger partial charge in [0.15, 0.2) is 0 Å². The van der Waals surface area contributed by atoms with Crippen molar-refractivity contribution < 1.29 is 4.79 Å². The summed E-state index contributed by atoms with van der Waals surface area (Å²) in [6.45, 7) is 0.689. The van der Waals surface area contributed by atoms with Crippen LogP contribution in [-0.4, -0.2) is 12.5 Å². The third kappa shape index (κ3) is 4.34. The molecule has 0 unspecified atom stereocenters. The molecular weight excluding hydrogens is 308 g/mol. The Kier molecular flexibility index (Phi) is 5.60. The maximum Gasteiger partial charge on any atom is 0.256 e. The van der Waals surface area contributed by atoms with Gasteiger partial charge in [-0.3, -0.25) is 4.79 Å². The van der Waals surface area contributed by atoms with Crippen molar-refractivity contribution in [3.05, 3.63) is 90.0 Å². The highest BCUT2D eigenvalue weighted by Gasteiger charge is 2.12. The molecule has 3 nitrogen and oxygen atoms in total. The second kappa shape index (κ2) is 8.27. The zero-order valence-corrected chi connectivity index (χ0v) is 14.1. The molecule has 0 bridgehead atoms. The SMILES string of the molecule is NCCCc1ccc(NC(=O)c2ccccc2-c2ccccc2)cc1. The normalized spacial score (nSPS) is 10.4. The van der Waals surface area contributed by atoms with Crippen molar-refractivity contribution >= 4 is 11.6 Å². The Balaban J connectivity index is 1.78. The number of nitrogens with two attached hydrogens (primary N) is 1. The van der Waals surface area contributed by atoms with Crippen LogP contribution in [0.15, 0.2) is 78.9 Å². The summed E-state index contributed by atoms with van der Waals surface area (Å²) in [4.78, 5) is 12.7. The van der Waals surface area contributed by atoms with E-state index in [0.717, 1.165) is 29.7 Å². The quantitative estimate of drug-likeness (QED) is 0.699. The molecule has 0 aromatic heterocycles. The minimum Gasteiger partial charge on any atom is -0.330 e. The van der Waals surface area contributed by atoms with Gasteiger partial charge >= 0.3 is 0 Å². The number of carbonyl (C=O) groups excluding carboxylic acids is 1. The molecule has 0 aliphatic heterocycles. The Morgan fingerprint density at radius 3 is 2.24 bits per heavy atom. The average molecular weight is 330 g/mol. The van der Waals surface area contributed by atoms with Gasteiger partial charge in [0.25, 0.3) is 5.91 Å². The first kappa shape index (κ1) is 16.9. The van der Waals surface area contributed by atoms with Gasteiger partial charge in [-0.15, -0.1) is 0 Å². The summed E-state index contributed by atoms with van der Waals surface area (Å²) in [5.74, 6) is -0.103. The molecule has 3 aromatic rings. The van der Waals surface area contributed by atoms with Gasteiger partial charge < -0.3 is 11.1 Å². The molecule has 0 heterocycles. The third-order valence-electron chi connectivity index (χ3n) is 4.14. The van der Waals surface area contributed by atoms with Crippen molar-refractivity contribution in [3.8, 4) is 11.1 Å². The highest BCUT2D eigenvalue weighted by atomic mass is 16.1. The lowest BCUT2D eigenvalue weighted by atomic mass is 9.99. The van der Waals surface area contributed by atoms with Gasteiger partial charge in [0.1, 0.15) is 0 Å². The molecule has 0 saturated carbocycles. The molecule has 3 rings (SSSR count). The molecule has 126 valence electrons. The number of anilines is 1. The first-order valence-corrected chi connectivity index (χ1v) is 8.53. The molecule has 3 N–H and O–H groups in total.